The molecule has 0 spiro atoms. The Hall–Kier alpha value is -2.08. The van der Waals surface area contributed by atoms with Crippen molar-refractivity contribution in [2.75, 3.05) is 5.75 Å². The number of nitriles is 1. The average molecular weight is 387 g/mol. The Morgan fingerprint density at radius 1 is 1.44 bits per heavy atom. The Balaban J connectivity index is 1.96. The molecule has 0 aliphatic heterocycles. The molecule has 3 aromatic heterocycles. The first kappa shape index (κ1) is 17.7. The summed E-state index contributed by atoms with van der Waals surface area (Å²) in [4.78, 5) is 23.3. The van der Waals surface area contributed by atoms with Gasteiger partial charge in [-0.25, -0.2) is 9.97 Å². The first-order valence-electron chi connectivity index (χ1n) is 7.41. The van der Waals surface area contributed by atoms with Gasteiger partial charge in [-0.05, 0) is 25.3 Å². The minimum atomic E-state index is -0.981. The van der Waals surface area contributed by atoms with Gasteiger partial charge in [0.15, 0.2) is 5.78 Å². The lowest BCUT2D eigenvalue weighted by molar-refractivity contribution is -0.117. The van der Waals surface area contributed by atoms with E-state index in [1.165, 1.54) is 18.7 Å². The fourth-order valence-corrected chi connectivity index (χ4v) is 5.23. The third-order valence-electron chi connectivity index (χ3n) is 3.53. The topological polar surface area (TPSA) is 90.5 Å². The van der Waals surface area contributed by atoms with E-state index in [9.17, 15) is 4.79 Å². The Morgan fingerprint density at radius 3 is 2.88 bits per heavy atom. The number of hydrogen-bond acceptors (Lipinski definition) is 8. The van der Waals surface area contributed by atoms with Crippen LogP contribution in [0.3, 0.4) is 0 Å². The first-order valence-corrected chi connectivity index (χ1v) is 10.2. The Morgan fingerprint density at radius 2 is 2.24 bits per heavy atom. The third-order valence-corrected chi connectivity index (χ3v) is 6.31. The number of ketones is 1. The van der Waals surface area contributed by atoms with Crippen LogP contribution < -0.4 is 0 Å². The summed E-state index contributed by atoms with van der Waals surface area (Å²) in [5, 5.41) is 22.4. The van der Waals surface area contributed by atoms with E-state index in [1.807, 2.05) is 24.4 Å². The molecule has 1 atom stereocenters. The molecule has 8 heteroatoms. The number of carbonyl (C=O) groups is 1. The van der Waals surface area contributed by atoms with Gasteiger partial charge in [0.05, 0.1) is 17.2 Å². The van der Waals surface area contributed by atoms with Crippen LogP contribution in [0.1, 0.15) is 12.7 Å². The SMILES string of the molecule is CC(=N)[C@@H](C#N)C(=O)CSc1nc(C)nc2scc(-c3cccs3)c12. The van der Waals surface area contributed by atoms with Gasteiger partial charge in [-0.3, -0.25) is 4.79 Å². The van der Waals surface area contributed by atoms with E-state index in [1.54, 1.807) is 22.7 Å². The van der Waals surface area contributed by atoms with Gasteiger partial charge in [0.2, 0.25) is 0 Å². The number of aromatic nitrogens is 2. The van der Waals surface area contributed by atoms with Crippen molar-refractivity contribution in [3.05, 3.63) is 28.7 Å². The fourth-order valence-electron chi connectivity index (χ4n) is 2.36. The number of Topliss-reactive ketones (excluding diaryl/α,β-unsaturated/α-hetero) is 1. The standard InChI is InChI=1S/C17H14N4OS3/c1-9(19)11(6-18)13(22)8-25-17-15-12(14-4-3-5-23-14)7-24-16(15)20-10(2)21-17/h3-5,7,11,19H,8H2,1-2H3/t11-/m1/s1. The molecule has 3 aromatic rings. The molecule has 0 aliphatic carbocycles. The molecule has 25 heavy (non-hydrogen) atoms. The second-order valence-electron chi connectivity index (χ2n) is 5.38. The van der Waals surface area contributed by atoms with Crippen LogP contribution in [0.4, 0.5) is 0 Å². The molecule has 0 amide bonds. The summed E-state index contributed by atoms with van der Waals surface area (Å²) >= 11 is 4.52. The number of nitrogens with zero attached hydrogens (tertiary/aromatic N) is 3. The van der Waals surface area contributed by atoms with Crippen molar-refractivity contribution in [2.24, 2.45) is 5.92 Å². The smallest absolute Gasteiger partial charge is 0.165 e. The van der Waals surface area contributed by atoms with E-state index in [-0.39, 0.29) is 17.2 Å². The van der Waals surface area contributed by atoms with E-state index >= 15 is 0 Å². The van der Waals surface area contributed by atoms with Crippen molar-refractivity contribution in [3.63, 3.8) is 0 Å². The second-order valence-corrected chi connectivity index (χ2v) is 8.15. The lowest BCUT2D eigenvalue weighted by Gasteiger charge is -2.08. The van der Waals surface area contributed by atoms with Crippen LogP contribution in [0.5, 0.6) is 0 Å². The summed E-state index contributed by atoms with van der Waals surface area (Å²) in [7, 11) is 0. The molecule has 0 aliphatic rings. The number of thiophene rings is 2. The van der Waals surface area contributed by atoms with Gasteiger partial charge in [0.1, 0.15) is 21.6 Å². The lowest BCUT2D eigenvalue weighted by atomic mass is 10.0. The van der Waals surface area contributed by atoms with E-state index in [0.29, 0.717) is 5.82 Å². The van der Waals surface area contributed by atoms with Crippen LogP contribution in [-0.4, -0.2) is 27.2 Å². The Labute approximate surface area is 157 Å². The third kappa shape index (κ3) is 3.63. The molecular weight excluding hydrogens is 372 g/mol. The summed E-state index contributed by atoms with van der Waals surface area (Å²) in [6.07, 6.45) is 0. The van der Waals surface area contributed by atoms with Gasteiger partial charge >= 0.3 is 0 Å². The minimum absolute atomic E-state index is 0.0759. The summed E-state index contributed by atoms with van der Waals surface area (Å²) in [5.74, 6) is -0.482. The van der Waals surface area contributed by atoms with Gasteiger partial charge in [0.25, 0.3) is 0 Å². The molecule has 126 valence electrons. The molecule has 5 nitrogen and oxygen atoms in total. The highest BCUT2D eigenvalue weighted by molar-refractivity contribution is 8.00. The van der Waals surface area contributed by atoms with Crippen LogP contribution in [0, 0.1) is 29.6 Å². The number of carbonyl (C=O) groups excluding carboxylic acids is 1. The summed E-state index contributed by atoms with van der Waals surface area (Å²) in [6, 6.07) is 5.95. The highest BCUT2D eigenvalue weighted by Crippen LogP contribution is 2.40. The van der Waals surface area contributed by atoms with Crippen LogP contribution >= 0.6 is 34.4 Å². The van der Waals surface area contributed by atoms with Gasteiger partial charge in [-0.15, -0.1) is 22.7 Å². The van der Waals surface area contributed by atoms with Gasteiger partial charge in [-0.2, -0.15) is 5.26 Å². The van der Waals surface area contributed by atoms with E-state index in [4.69, 9.17) is 10.7 Å². The maximum atomic E-state index is 12.2. The summed E-state index contributed by atoms with van der Waals surface area (Å²) < 4.78 is 0. The Kier molecular flexibility index (Phi) is 5.27. The molecule has 0 unspecified atom stereocenters. The molecule has 3 heterocycles. The maximum absolute atomic E-state index is 12.2. The van der Waals surface area contributed by atoms with Crippen LogP contribution in [-0.2, 0) is 4.79 Å². The summed E-state index contributed by atoms with van der Waals surface area (Å²) in [5.41, 5.74) is 1.15. The highest BCUT2D eigenvalue weighted by Gasteiger charge is 2.22. The molecule has 3 rings (SSSR count). The Bertz CT molecular complexity index is 985. The number of rotatable bonds is 6. The number of nitrogens with one attached hydrogen (secondary N) is 1. The normalized spacial score (nSPS) is 12.0. The van der Waals surface area contributed by atoms with Crippen molar-refractivity contribution in [1.82, 2.24) is 9.97 Å². The van der Waals surface area contributed by atoms with E-state index in [0.717, 1.165) is 25.7 Å². The zero-order chi connectivity index (χ0) is 18.0. The van der Waals surface area contributed by atoms with Crippen molar-refractivity contribution >= 4 is 56.1 Å². The molecule has 0 bridgehead atoms. The predicted molar refractivity (Wildman–Crippen MR) is 104 cm³/mol. The average Bonchev–Trinajstić information content (AvgIpc) is 3.21. The van der Waals surface area contributed by atoms with Crippen molar-refractivity contribution in [1.29, 1.82) is 10.7 Å². The molecule has 0 aromatic carbocycles. The second kappa shape index (κ2) is 7.44. The molecule has 1 N–H and O–H groups in total. The molecule has 0 radical (unpaired) electrons. The van der Waals surface area contributed by atoms with Gasteiger partial charge < -0.3 is 5.41 Å². The quantitative estimate of drug-likeness (QED) is 0.381. The monoisotopic (exact) mass is 386 g/mol. The largest absolute Gasteiger partial charge is 0.308 e. The number of thioether (sulfide) groups is 1. The lowest BCUT2D eigenvalue weighted by Crippen LogP contribution is -2.21. The van der Waals surface area contributed by atoms with E-state index < -0.39 is 5.92 Å². The molecule has 0 fully saturated rings. The number of hydrogen-bond donors (Lipinski definition) is 1. The zero-order valence-electron chi connectivity index (χ0n) is 13.6. The van der Waals surface area contributed by atoms with Crippen molar-refractivity contribution in [2.45, 2.75) is 18.9 Å². The molecule has 0 saturated heterocycles. The molecular formula is C17H14N4OS3. The van der Waals surface area contributed by atoms with Crippen LogP contribution in [0.15, 0.2) is 27.9 Å². The predicted octanol–water partition coefficient (Wildman–Crippen LogP) is 4.57. The number of aryl methyl sites for hydroxylation is 1. The van der Waals surface area contributed by atoms with Crippen LogP contribution in [0.2, 0.25) is 0 Å². The fraction of sp³-hybridized carbons (Fsp3) is 0.235. The maximum Gasteiger partial charge on any atom is 0.165 e. The van der Waals surface area contributed by atoms with Crippen LogP contribution in [0.25, 0.3) is 20.7 Å². The first-order chi connectivity index (χ1) is 12.0. The zero-order valence-corrected chi connectivity index (χ0v) is 16.0. The number of fused-ring (bicyclic) bond motifs is 1. The van der Waals surface area contributed by atoms with Gasteiger partial charge in [-0.1, -0.05) is 17.8 Å². The van der Waals surface area contributed by atoms with Crippen molar-refractivity contribution < 1.29 is 4.79 Å². The van der Waals surface area contributed by atoms with Crippen molar-refractivity contribution in [3.8, 4) is 16.5 Å². The highest BCUT2D eigenvalue weighted by atomic mass is 32.2. The minimum Gasteiger partial charge on any atom is -0.308 e. The van der Waals surface area contributed by atoms with Gasteiger partial charge in [0, 0.05) is 21.5 Å². The molecule has 0 saturated carbocycles. The van der Waals surface area contributed by atoms with E-state index in [2.05, 4.69) is 21.4 Å². The summed E-state index contributed by atoms with van der Waals surface area (Å²) in [6.45, 7) is 3.31.